The average Bonchev–Trinajstić information content (AvgIpc) is 2.89. The second-order valence-corrected chi connectivity index (χ2v) is 8.35. The number of pyridine rings is 3. The first-order valence-corrected chi connectivity index (χ1v) is 11.3. The van der Waals surface area contributed by atoms with Crippen LogP contribution in [0.25, 0.3) is 0 Å². The summed E-state index contributed by atoms with van der Waals surface area (Å²) in [5.41, 5.74) is 7.98. The molecule has 180 valence electrons. The molecule has 3 aromatic rings. The number of rotatable bonds is 7. The highest BCUT2D eigenvalue weighted by atomic mass is 16.2. The zero-order valence-corrected chi connectivity index (χ0v) is 19.5. The molecule has 35 heavy (non-hydrogen) atoms. The monoisotopic (exact) mass is 473 g/mol. The van der Waals surface area contributed by atoms with Crippen molar-refractivity contribution < 1.29 is 14.4 Å². The van der Waals surface area contributed by atoms with Gasteiger partial charge >= 0.3 is 6.03 Å². The van der Waals surface area contributed by atoms with Crippen LogP contribution in [0.4, 0.5) is 16.3 Å². The van der Waals surface area contributed by atoms with E-state index in [2.05, 4.69) is 20.3 Å². The summed E-state index contributed by atoms with van der Waals surface area (Å²) in [6.07, 6.45) is 8.88. The molecule has 3 N–H and O–H groups in total. The maximum absolute atomic E-state index is 13.6. The molecule has 3 aromatic heterocycles. The normalized spacial score (nSPS) is 17.9. The van der Waals surface area contributed by atoms with E-state index >= 15 is 0 Å². The molecule has 1 saturated heterocycles. The first kappa shape index (κ1) is 23.8. The third kappa shape index (κ3) is 4.96. The smallest absolute Gasteiger partial charge is 0.325 e. The second kappa shape index (κ2) is 10.3. The predicted octanol–water partition coefficient (Wildman–Crippen LogP) is 2.35. The van der Waals surface area contributed by atoms with Crippen molar-refractivity contribution in [3.63, 3.8) is 0 Å². The van der Waals surface area contributed by atoms with Crippen molar-refractivity contribution in [1.82, 2.24) is 25.2 Å². The number of nitrogens with two attached hydrogens (primary N) is 1. The molecule has 4 heterocycles. The van der Waals surface area contributed by atoms with E-state index in [0.717, 1.165) is 16.0 Å². The van der Waals surface area contributed by atoms with E-state index in [9.17, 15) is 14.4 Å². The number of nitrogens with zero attached hydrogens (tertiary/aromatic N) is 5. The number of hydrogen-bond donors (Lipinski definition) is 2. The van der Waals surface area contributed by atoms with Crippen molar-refractivity contribution in [2.45, 2.75) is 31.8 Å². The molecule has 2 unspecified atom stereocenters. The first-order chi connectivity index (χ1) is 16.9. The number of anilines is 2. The summed E-state index contributed by atoms with van der Waals surface area (Å²) >= 11 is 0. The highest BCUT2D eigenvalue weighted by molar-refractivity contribution is 6.12. The molecule has 4 amide bonds. The second-order valence-electron chi connectivity index (χ2n) is 8.35. The van der Waals surface area contributed by atoms with Crippen molar-refractivity contribution in [2.24, 2.45) is 5.92 Å². The van der Waals surface area contributed by atoms with Gasteiger partial charge in [0.2, 0.25) is 5.91 Å². The number of amides is 4. The van der Waals surface area contributed by atoms with E-state index in [-0.39, 0.29) is 18.4 Å². The van der Waals surface area contributed by atoms with Crippen LogP contribution in [0.15, 0.2) is 67.4 Å². The van der Waals surface area contributed by atoms with Crippen molar-refractivity contribution in [1.29, 1.82) is 0 Å². The summed E-state index contributed by atoms with van der Waals surface area (Å²) in [4.78, 5) is 54.6. The Hall–Kier alpha value is -4.34. The lowest BCUT2D eigenvalue weighted by Crippen LogP contribution is -2.70. The number of aromatic nitrogens is 3. The lowest BCUT2D eigenvalue weighted by molar-refractivity contribution is -0.156. The zero-order chi connectivity index (χ0) is 24.9. The Morgan fingerprint density at radius 1 is 1.14 bits per heavy atom. The SMILES string of the molecule is CCC(NC(=O)N1C(=O)[C@H](Cc2ccnc(N)c2)C1C(=O)N(C)c1ccncc1)c1cccnc1. The number of β-lactam (4-membered cyclic amide) rings is 1. The van der Waals surface area contributed by atoms with Gasteiger partial charge in [0.05, 0.1) is 12.0 Å². The summed E-state index contributed by atoms with van der Waals surface area (Å²) in [5, 5.41) is 2.89. The molecule has 1 fully saturated rings. The highest BCUT2D eigenvalue weighted by Gasteiger charge is 2.55. The van der Waals surface area contributed by atoms with Crippen LogP contribution in [0.1, 0.15) is 30.5 Å². The Morgan fingerprint density at radius 2 is 1.91 bits per heavy atom. The van der Waals surface area contributed by atoms with Crippen molar-refractivity contribution >= 4 is 29.4 Å². The van der Waals surface area contributed by atoms with Crippen LogP contribution in [0.2, 0.25) is 0 Å². The van der Waals surface area contributed by atoms with Crippen molar-refractivity contribution in [2.75, 3.05) is 17.7 Å². The average molecular weight is 474 g/mol. The number of nitrogen functional groups attached to an aromatic ring is 1. The molecule has 3 atom stereocenters. The molecule has 0 spiro atoms. The number of carbonyl (C=O) groups excluding carboxylic acids is 3. The summed E-state index contributed by atoms with van der Waals surface area (Å²) < 4.78 is 0. The highest BCUT2D eigenvalue weighted by Crippen LogP contribution is 2.33. The summed E-state index contributed by atoms with van der Waals surface area (Å²) in [5.74, 6) is -1.17. The fraction of sp³-hybridized carbons (Fsp3) is 0.280. The fourth-order valence-electron chi connectivity index (χ4n) is 4.25. The van der Waals surface area contributed by atoms with Crippen LogP contribution in [-0.2, 0) is 16.0 Å². The van der Waals surface area contributed by atoms with Crippen LogP contribution in [0.5, 0.6) is 0 Å². The Balaban J connectivity index is 1.59. The van der Waals surface area contributed by atoms with Crippen molar-refractivity contribution in [3.8, 4) is 0 Å². The number of likely N-dealkylation sites (N-methyl/N-ethyl adjacent to an activating group) is 1. The van der Waals surface area contributed by atoms with Gasteiger partial charge in [-0.15, -0.1) is 0 Å². The van der Waals surface area contributed by atoms with Crippen molar-refractivity contribution in [3.05, 3.63) is 78.5 Å². The lowest BCUT2D eigenvalue weighted by atomic mass is 9.81. The van der Waals surface area contributed by atoms with Gasteiger partial charge in [-0.25, -0.2) is 9.78 Å². The lowest BCUT2D eigenvalue weighted by Gasteiger charge is -2.46. The fourth-order valence-corrected chi connectivity index (χ4v) is 4.25. The minimum Gasteiger partial charge on any atom is -0.384 e. The maximum atomic E-state index is 13.6. The molecule has 4 rings (SSSR count). The van der Waals surface area contributed by atoms with Crippen LogP contribution in [0, 0.1) is 5.92 Å². The predicted molar refractivity (Wildman–Crippen MR) is 130 cm³/mol. The zero-order valence-electron chi connectivity index (χ0n) is 19.5. The van der Waals surface area contributed by atoms with E-state index in [1.165, 1.54) is 4.90 Å². The van der Waals surface area contributed by atoms with Gasteiger partial charge in [0, 0.05) is 43.7 Å². The van der Waals surface area contributed by atoms with Gasteiger partial charge in [-0.2, -0.15) is 0 Å². The van der Waals surface area contributed by atoms with E-state index in [4.69, 9.17) is 5.73 Å². The molecular formula is C25H27N7O3. The summed E-state index contributed by atoms with van der Waals surface area (Å²) in [6.45, 7) is 1.92. The van der Waals surface area contributed by atoms with Gasteiger partial charge in [0.15, 0.2) is 0 Å². The first-order valence-electron chi connectivity index (χ1n) is 11.3. The Labute approximate surface area is 203 Å². The van der Waals surface area contributed by atoms with E-state index in [1.807, 2.05) is 13.0 Å². The van der Waals surface area contributed by atoms with Crippen LogP contribution in [-0.4, -0.2) is 50.8 Å². The minimum absolute atomic E-state index is 0.260. The molecule has 1 aliphatic heterocycles. The maximum Gasteiger partial charge on any atom is 0.325 e. The van der Waals surface area contributed by atoms with Crippen LogP contribution in [0.3, 0.4) is 0 Å². The van der Waals surface area contributed by atoms with Gasteiger partial charge < -0.3 is 16.0 Å². The molecule has 10 heteroatoms. The van der Waals surface area contributed by atoms with Gasteiger partial charge in [-0.1, -0.05) is 13.0 Å². The molecule has 0 radical (unpaired) electrons. The summed E-state index contributed by atoms with van der Waals surface area (Å²) in [6, 6.07) is 8.50. The number of carbonyl (C=O) groups is 3. The van der Waals surface area contributed by atoms with Gasteiger partial charge in [-0.3, -0.25) is 24.5 Å². The molecule has 10 nitrogen and oxygen atoms in total. The topological polar surface area (TPSA) is 134 Å². The Kier molecular flexibility index (Phi) is 7.00. The van der Waals surface area contributed by atoms with Gasteiger partial charge in [0.25, 0.3) is 5.91 Å². The van der Waals surface area contributed by atoms with E-state index in [1.54, 1.807) is 68.4 Å². The summed E-state index contributed by atoms with van der Waals surface area (Å²) in [7, 11) is 1.61. The largest absolute Gasteiger partial charge is 0.384 e. The molecule has 1 aliphatic rings. The molecule has 0 aliphatic carbocycles. The number of imide groups is 1. The number of likely N-dealkylation sites (tertiary alicyclic amines) is 1. The van der Waals surface area contributed by atoms with E-state index < -0.39 is 23.9 Å². The van der Waals surface area contributed by atoms with Crippen LogP contribution < -0.4 is 16.0 Å². The Morgan fingerprint density at radius 3 is 2.57 bits per heavy atom. The van der Waals surface area contributed by atoms with Crippen LogP contribution >= 0.6 is 0 Å². The third-order valence-corrected chi connectivity index (χ3v) is 6.16. The molecule has 0 saturated carbocycles. The van der Waals surface area contributed by atoms with Gasteiger partial charge in [0.1, 0.15) is 11.9 Å². The third-order valence-electron chi connectivity index (χ3n) is 6.16. The molecule has 0 aromatic carbocycles. The molecule has 0 bridgehead atoms. The number of hydrogen-bond acceptors (Lipinski definition) is 7. The van der Waals surface area contributed by atoms with E-state index in [0.29, 0.717) is 17.9 Å². The number of urea groups is 1. The molecular weight excluding hydrogens is 446 g/mol. The standard InChI is InChI=1S/C25H27N7O3/c1-3-20(17-5-4-9-28-15-17)30-25(35)32-22(24(34)31(2)18-7-10-27-11-8-18)19(23(32)33)13-16-6-12-29-21(26)14-16/h4-12,14-15,19-20,22H,3,13H2,1-2H3,(H2,26,29)(H,30,35)/t19-,20?,22?/m1/s1. The number of nitrogens with one attached hydrogen (secondary N) is 1. The Bertz CT molecular complexity index is 1210. The quantitative estimate of drug-likeness (QED) is 0.503. The van der Waals surface area contributed by atoms with Gasteiger partial charge in [-0.05, 0) is 54.3 Å². The minimum atomic E-state index is -0.971.